The topological polar surface area (TPSA) is 12.0 Å². The summed E-state index contributed by atoms with van der Waals surface area (Å²) in [4.78, 5) is 0. The Morgan fingerprint density at radius 1 is 1.15 bits per heavy atom. The molecule has 0 aliphatic heterocycles. The summed E-state index contributed by atoms with van der Waals surface area (Å²) in [6, 6.07) is 0.708. The van der Waals surface area contributed by atoms with Gasteiger partial charge in [0.05, 0.1) is 0 Å². The standard InChI is InChI=1S/C12H27N/c1-6-8-10(3)9-11(4)12(7-2)13-5/h10-13H,6-9H2,1-5H3. The number of rotatable bonds is 7. The molecular formula is C12H27N. The maximum atomic E-state index is 3.40. The van der Waals surface area contributed by atoms with Gasteiger partial charge in [-0.2, -0.15) is 0 Å². The lowest BCUT2D eigenvalue weighted by Crippen LogP contribution is -2.32. The van der Waals surface area contributed by atoms with Crippen molar-refractivity contribution < 1.29 is 0 Å². The summed E-state index contributed by atoms with van der Waals surface area (Å²) in [6.45, 7) is 9.29. The molecule has 80 valence electrons. The van der Waals surface area contributed by atoms with E-state index in [1.165, 1.54) is 25.7 Å². The SMILES string of the molecule is CCCC(C)CC(C)C(CC)NC. The monoisotopic (exact) mass is 185 g/mol. The zero-order valence-electron chi connectivity index (χ0n) is 10.1. The van der Waals surface area contributed by atoms with E-state index in [1.54, 1.807) is 0 Å². The van der Waals surface area contributed by atoms with Gasteiger partial charge < -0.3 is 5.32 Å². The normalized spacial score (nSPS) is 18.2. The molecule has 3 atom stereocenters. The van der Waals surface area contributed by atoms with Crippen LogP contribution in [0.15, 0.2) is 0 Å². The van der Waals surface area contributed by atoms with E-state index in [-0.39, 0.29) is 0 Å². The Balaban J connectivity index is 3.75. The van der Waals surface area contributed by atoms with Crippen LogP contribution in [0.25, 0.3) is 0 Å². The molecule has 1 heteroatoms. The highest BCUT2D eigenvalue weighted by Gasteiger charge is 2.15. The lowest BCUT2D eigenvalue weighted by Gasteiger charge is -2.24. The van der Waals surface area contributed by atoms with Gasteiger partial charge in [-0.1, -0.05) is 40.5 Å². The van der Waals surface area contributed by atoms with Crippen molar-refractivity contribution in [1.29, 1.82) is 0 Å². The van der Waals surface area contributed by atoms with Crippen molar-refractivity contribution in [2.24, 2.45) is 11.8 Å². The second-order valence-corrected chi connectivity index (χ2v) is 4.41. The van der Waals surface area contributed by atoms with Gasteiger partial charge in [0.2, 0.25) is 0 Å². The van der Waals surface area contributed by atoms with Gasteiger partial charge in [0.1, 0.15) is 0 Å². The molecule has 0 bridgehead atoms. The van der Waals surface area contributed by atoms with Gasteiger partial charge in [-0.15, -0.1) is 0 Å². The van der Waals surface area contributed by atoms with Crippen LogP contribution in [0.2, 0.25) is 0 Å². The number of nitrogens with one attached hydrogen (secondary N) is 1. The molecule has 0 amide bonds. The fourth-order valence-corrected chi connectivity index (χ4v) is 2.30. The molecule has 0 aromatic rings. The second-order valence-electron chi connectivity index (χ2n) is 4.41. The van der Waals surface area contributed by atoms with Crippen LogP contribution in [0, 0.1) is 11.8 Å². The zero-order valence-corrected chi connectivity index (χ0v) is 10.1. The van der Waals surface area contributed by atoms with Crippen LogP contribution in [0.1, 0.15) is 53.4 Å². The smallest absolute Gasteiger partial charge is 0.00871 e. The van der Waals surface area contributed by atoms with E-state index in [0.29, 0.717) is 6.04 Å². The van der Waals surface area contributed by atoms with E-state index in [9.17, 15) is 0 Å². The molecule has 0 aliphatic carbocycles. The Hall–Kier alpha value is -0.0400. The summed E-state index contributed by atoms with van der Waals surface area (Å²) >= 11 is 0. The molecule has 0 rings (SSSR count). The molecular weight excluding hydrogens is 158 g/mol. The third kappa shape index (κ3) is 5.30. The molecule has 0 aromatic heterocycles. The van der Waals surface area contributed by atoms with Gasteiger partial charge in [0, 0.05) is 6.04 Å². The first kappa shape index (κ1) is 13.0. The third-order valence-corrected chi connectivity index (χ3v) is 3.05. The van der Waals surface area contributed by atoms with Gasteiger partial charge in [-0.05, 0) is 31.7 Å². The van der Waals surface area contributed by atoms with Crippen molar-refractivity contribution in [3.63, 3.8) is 0 Å². The highest BCUT2D eigenvalue weighted by atomic mass is 14.9. The quantitative estimate of drug-likeness (QED) is 0.640. The summed E-state index contributed by atoms with van der Waals surface area (Å²) < 4.78 is 0. The van der Waals surface area contributed by atoms with Crippen LogP contribution in [0.3, 0.4) is 0 Å². The Morgan fingerprint density at radius 2 is 1.77 bits per heavy atom. The highest BCUT2D eigenvalue weighted by molar-refractivity contribution is 4.71. The first-order chi connectivity index (χ1) is 6.15. The van der Waals surface area contributed by atoms with Gasteiger partial charge in [0.15, 0.2) is 0 Å². The predicted molar refractivity (Wildman–Crippen MR) is 61.0 cm³/mol. The van der Waals surface area contributed by atoms with Crippen molar-refractivity contribution in [2.75, 3.05) is 7.05 Å². The Labute approximate surface area is 84.3 Å². The zero-order chi connectivity index (χ0) is 10.3. The average Bonchev–Trinajstić information content (AvgIpc) is 2.06. The number of hydrogen-bond acceptors (Lipinski definition) is 1. The Morgan fingerprint density at radius 3 is 2.15 bits per heavy atom. The molecule has 1 nitrogen and oxygen atoms in total. The maximum absolute atomic E-state index is 3.40. The first-order valence-electron chi connectivity index (χ1n) is 5.82. The Kier molecular flexibility index (Phi) is 7.35. The van der Waals surface area contributed by atoms with E-state index in [0.717, 1.165) is 11.8 Å². The lowest BCUT2D eigenvalue weighted by atomic mass is 9.88. The summed E-state index contributed by atoms with van der Waals surface area (Å²) in [5.41, 5.74) is 0. The van der Waals surface area contributed by atoms with Crippen molar-refractivity contribution in [3.8, 4) is 0 Å². The van der Waals surface area contributed by atoms with Crippen LogP contribution in [-0.2, 0) is 0 Å². The van der Waals surface area contributed by atoms with Gasteiger partial charge in [-0.3, -0.25) is 0 Å². The second kappa shape index (κ2) is 7.37. The molecule has 0 heterocycles. The molecule has 0 fully saturated rings. The molecule has 1 N–H and O–H groups in total. The molecule has 3 unspecified atom stereocenters. The largest absolute Gasteiger partial charge is 0.317 e. The molecule has 0 aliphatic rings. The molecule has 0 saturated heterocycles. The fourth-order valence-electron chi connectivity index (χ4n) is 2.30. The van der Waals surface area contributed by atoms with Crippen molar-refractivity contribution in [1.82, 2.24) is 5.32 Å². The van der Waals surface area contributed by atoms with Gasteiger partial charge in [-0.25, -0.2) is 0 Å². The van der Waals surface area contributed by atoms with E-state index in [1.807, 2.05) is 0 Å². The van der Waals surface area contributed by atoms with Crippen LogP contribution >= 0.6 is 0 Å². The molecule has 0 saturated carbocycles. The summed E-state index contributed by atoms with van der Waals surface area (Å²) in [6.07, 6.45) is 5.32. The summed E-state index contributed by atoms with van der Waals surface area (Å²) in [5.74, 6) is 1.71. The van der Waals surface area contributed by atoms with Crippen LogP contribution in [0.4, 0.5) is 0 Å². The minimum Gasteiger partial charge on any atom is -0.317 e. The number of hydrogen-bond donors (Lipinski definition) is 1. The fraction of sp³-hybridized carbons (Fsp3) is 1.00. The van der Waals surface area contributed by atoms with E-state index in [2.05, 4.69) is 40.1 Å². The van der Waals surface area contributed by atoms with Crippen molar-refractivity contribution >= 4 is 0 Å². The minimum absolute atomic E-state index is 0.708. The molecule has 0 spiro atoms. The molecule has 13 heavy (non-hydrogen) atoms. The first-order valence-corrected chi connectivity index (χ1v) is 5.82. The van der Waals surface area contributed by atoms with Crippen LogP contribution in [0.5, 0.6) is 0 Å². The van der Waals surface area contributed by atoms with Crippen molar-refractivity contribution in [3.05, 3.63) is 0 Å². The minimum atomic E-state index is 0.708. The van der Waals surface area contributed by atoms with E-state index in [4.69, 9.17) is 0 Å². The molecule has 0 aromatic carbocycles. The molecule has 0 radical (unpaired) electrons. The summed E-state index contributed by atoms with van der Waals surface area (Å²) in [5, 5.41) is 3.40. The highest BCUT2D eigenvalue weighted by Crippen LogP contribution is 2.20. The van der Waals surface area contributed by atoms with Crippen LogP contribution in [-0.4, -0.2) is 13.1 Å². The van der Waals surface area contributed by atoms with Crippen LogP contribution < -0.4 is 5.32 Å². The summed E-state index contributed by atoms with van der Waals surface area (Å²) in [7, 11) is 2.08. The maximum Gasteiger partial charge on any atom is 0.00871 e. The predicted octanol–water partition coefficient (Wildman–Crippen LogP) is 3.45. The van der Waals surface area contributed by atoms with Gasteiger partial charge in [0.25, 0.3) is 0 Å². The lowest BCUT2D eigenvalue weighted by molar-refractivity contribution is 0.310. The van der Waals surface area contributed by atoms with Crippen molar-refractivity contribution in [2.45, 2.75) is 59.4 Å². The third-order valence-electron chi connectivity index (χ3n) is 3.05. The Bertz CT molecular complexity index is 108. The van der Waals surface area contributed by atoms with E-state index >= 15 is 0 Å². The van der Waals surface area contributed by atoms with E-state index < -0.39 is 0 Å². The average molecular weight is 185 g/mol. The van der Waals surface area contributed by atoms with Gasteiger partial charge >= 0.3 is 0 Å².